The molecule has 2 heterocycles. The highest BCUT2D eigenvalue weighted by atomic mass is 32.2. The van der Waals surface area contributed by atoms with Crippen LogP contribution in [-0.2, 0) is 9.84 Å². The molecule has 3 rings (SSSR count). The number of nitrogens with zero attached hydrogens (tertiary/aromatic N) is 3. The molecule has 3 aromatic rings. The first kappa shape index (κ1) is 13.4. The number of H-pyrrole nitrogens is 1. The Morgan fingerprint density at radius 3 is 2.62 bits per heavy atom. The Hall–Kier alpha value is -2.55. The smallest absolute Gasteiger partial charge is 0.231 e. The third-order valence-electron chi connectivity index (χ3n) is 3.06. The summed E-state index contributed by atoms with van der Waals surface area (Å²) in [4.78, 5) is 7.38. The van der Waals surface area contributed by atoms with Crippen LogP contribution >= 0.6 is 0 Å². The van der Waals surface area contributed by atoms with Crippen molar-refractivity contribution >= 4 is 32.5 Å². The van der Waals surface area contributed by atoms with Gasteiger partial charge in [-0.25, -0.2) is 13.4 Å². The van der Waals surface area contributed by atoms with Crippen LogP contribution in [0.2, 0.25) is 0 Å². The molecule has 8 nitrogen and oxygen atoms in total. The lowest BCUT2D eigenvalue weighted by Gasteiger charge is -2.00. The van der Waals surface area contributed by atoms with Gasteiger partial charge in [-0.3, -0.25) is 0 Å². The van der Waals surface area contributed by atoms with Gasteiger partial charge >= 0.3 is 0 Å². The molecule has 2 aromatic heterocycles. The SMILES string of the molecule is CNc1nn(-c2nc3ccccc3[nH]2)c(N)c1S(C)(=O)=O. The number of nitrogens with two attached hydrogens (primary N) is 1. The van der Waals surface area contributed by atoms with Gasteiger partial charge in [0.2, 0.25) is 5.95 Å². The molecule has 0 unspecified atom stereocenters. The van der Waals surface area contributed by atoms with Gasteiger partial charge in [-0.05, 0) is 12.1 Å². The number of sulfone groups is 1. The summed E-state index contributed by atoms with van der Waals surface area (Å²) in [6, 6.07) is 7.44. The highest BCUT2D eigenvalue weighted by molar-refractivity contribution is 7.91. The van der Waals surface area contributed by atoms with E-state index in [0.29, 0.717) is 5.95 Å². The number of nitrogen functional groups attached to an aromatic ring is 1. The fourth-order valence-electron chi connectivity index (χ4n) is 2.15. The first-order valence-corrected chi connectivity index (χ1v) is 8.02. The van der Waals surface area contributed by atoms with Gasteiger partial charge in [-0.15, -0.1) is 5.10 Å². The molecule has 0 aliphatic heterocycles. The quantitative estimate of drug-likeness (QED) is 0.658. The van der Waals surface area contributed by atoms with Crippen LogP contribution in [0.3, 0.4) is 0 Å². The molecule has 0 saturated heterocycles. The summed E-state index contributed by atoms with van der Waals surface area (Å²) in [6.07, 6.45) is 1.09. The van der Waals surface area contributed by atoms with Crippen LogP contribution in [-0.4, -0.2) is 41.5 Å². The van der Waals surface area contributed by atoms with E-state index in [9.17, 15) is 8.42 Å². The van der Waals surface area contributed by atoms with Crippen LogP contribution in [0.4, 0.5) is 11.6 Å². The Labute approximate surface area is 120 Å². The normalized spacial score (nSPS) is 11.9. The minimum Gasteiger partial charge on any atom is -0.382 e. The van der Waals surface area contributed by atoms with E-state index in [0.717, 1.165) is 17.3 Å². The molecule has 0 fully saturated rings. The van der Waals surface area contributed by atoms with Crippen molar-refractivity contribution < 1.29 is 8.42 Å². The van der Waals surface area contributed by atoms with Gasteiger partial charge in [0.15, 0.2) is 26.4 Å². The van der Waals surface area contributed by atoms with Crippen LogP contribution in [0.1, 0.15) is 0 Å². The molecule has 21 heavy (non-hydrogen) atoms. The number of hydrogen-bond acceptors (Lipinski definition) is 6. The van der Waals surface area contributed by atoms with Gasteiger partial charge in [0.25, 0.3) is 0 Å². The number of para-hydroxylation sites is 2. The number of aromatic nitrogens is 4. The maximum Gasteiger partial charge on any atom is 0.231 e. The van der Waals surface area contributed by atoms with Crippen molar-refractivity contribution in [1.29, 1.82) is 0 Å². The second-order valence-corrected chi connectivity index (χ2v) is 6.53. The largest absolute Gasteiger partial charge is 0.382 e. The van der Waals surface area contributed by atoms with Crippen molar-refractivity contribution in [3.8, 4) is 5.95 Å². The third-order valence-corrected chi connectivity index (χ3v) is 4.21. The Morgan fingerprint density at radius 1 is 1.33 bits per heavy atom. The molecule has 0 aliphatic carbocycles. The zero-order valence-corrected chi connectivity index (χ0v) is 12.3. The summed E-state index contributed by atoms with van der Waals surface area (Å²) in [5, 5.41) is 6.90. The van der Waals surface area contributed by atoms with Gasteiger partial charge in [-0.2, -0.15) is 4.68 Å². The molecule has 0 atom stereocenters. The molecule has 1 aromatic carbocycles. The molecule has 0 aliphatic rings. The van der Waals surface area contributed by atoms with E-state index in [1.165, 1.54) is 4.68 Å². The highest BCUT2D eigenvalue weighted by Gasteiger charge is 2.25. The molecule has 0 spiro atoms. The molecule has 0 bridgehead atoms. The standard InChI is InChI=1S/C12H14N6O2S/c1-14-11-9(21(2,19)20)10(13)18(17-11)12-15-7-5-3-4-6-8(7)16-12/h3-6H,13H2,1-2H3,(H,14,17)(H,15,16). The van der Waals surface area contributed by atoms with Crippen molar-refractivity contribution in [3.05, 3.63) is 24.3 Å². The average Bonchev–Trinajstić information content (AvgIpc) is 2.97. The number of aromatic amines is 1. The number of fused-ring (bicyclic) bond motifs is 1. The molecule has 110 valence electrons. The predicted molar refractivity (Wildman–Crippen MR) is 80.3 cm³/mol. The minimum atomic E-state index is -3.51. The fourth-order valence-corrected chi connectivity index (χ4v) is 3.11. The second kappa shape index (κ2) is 4.48. The summed E-state index contributed by atoms with van der Waals surface area (Å²) in [5.41, 5.74) is 7.50. The summed E-state index contributed by atoms with van der Waals surface area (Å²) >= 11 is 0. The van der Waals surface area contributed by atoms with E-state index in [1.807, 2.05) is 24.3 Å². The monoisotopic (exact) mass is 306 g/mol. The lowest BCUT2D eigenvalue weighted by molar-refractivity contribution is 0.602. The fraction of sp³-hybridized carbons (Fsp3) is 0.167. The Bertz CT molecular complexity index is 892. The van der Waals surface area contributed by atoms with Crippen LogP contribution in [0, 0.1) is 0 Å². The Morgan fingerprint density at radius 2 is 2.05 bits per heavy atom. The van der Waals surface area contributed by atoms with Gasteiger partial charge in [0, 0.05) is 13.3 Å². The number of anilines is 2. The number of benzene rings is 1. The van der Waals surface area contributed by atoms with Gasteiger partial charge in [0.05, 0.1) is 11.0 Å². The minimum absolute atomic E-state index is 0.0147. The topological polar surface area (TPSA) is 119 Å². The van der Waals surface area contributed by atoms with Crippen molar-refractivity contribution in [1.82, 2.24) is 19.7 Å². The third kappa shape index (κ3) is 2.11. The molecular weight excluding hydrogens is 292 g/mol. The summed E-state index contributed by atoms with van der Waals surface area (Å²) in [5.74, 6) is 0.566. The van der Waals surface area contributed by atoms with Crippen molar-refractivity contribution in [2.45, 2.75) is 4.90 Å². The first-order valence-electron chi connectivity index (χ1n) is 6.13. The second-order valence-electron chi connectivity index (χ2n) is 4.57. The van der Waals surface area contributed by atoms with Crippen LogP contribution in [0.25, 0.3) is 17.0 Å². The van der Waals surface area contributed by atoms with E-state index in [2.05, 4.69) is 20.4 Å². The van der Waals surface area contributed by atoms with Crippen LogP contribution < -0.4 is 11.1 Å². The van der Waals surface area contributed by atoms with E-state index < -0.39 is 9.84 Å². The molecule has 0 radical (unpaired) electrons. The molecule has 0 amide bonds. The van der Waals surface area contributed by atoms with Crippen molar-refractivity contribution in [2.24, 2.45) is 0 Å². The zero-order chi connectivity index (χ0) is 15.2. The molecular formula is C12H14N6O2S. The predicted octanol–water partition coefficient (Wildman–Crippen LogP) is 0.776. The average molecular weight is 306 g/mol. The lowest BCUT2D eigenvalue weighted by Crippen LogP contribution is -2.06. The van der Waals surface area contributed by atoms with Gasteiger partial charge in [0.1, 0.15) is 0 Å². The van der Waals surface area contributed by atoms with E-state index in [-0.39, 0.29) is 16.5 Å². The van der Waals surface area contributed by atoms with Crippen LogP contribution in [0.15, 0.2) is 29.2 Å². The van der Waals surface area contributed by atoms with E-state index in [4.69, 9.17) is 5.73 Å². The maximum atomic E-state index is 11.8. The Balaban J connectivity index is 2.26. The summed E-state index contributed by atoms with van der Waals surface area (Å²) in [6.45, 7) is 0. The first-order chi connectivity index (χ1) is 9.91. The Kier molecular flexibility index (Phi) is 2.87. The number of nitrogens with one attached hydrogen (secondary N) is 2. The maximum absolute atomic E-state index is 11.8. The number of hydrogen-bond donors (Lipinski definition) is 3. The number of imidazole rings is 1. The van der Waals surface area contributed by atoms with Gasteiger partial charge < -0.3 is 16.0 Å². The highest BCUT2D eigenvalue weighted by Crippen LogP contribution is 2.28. The summed E-state index contributed by atoms with van der Waals surface area (Å²) < 4.78 is 25.0. The molecule has 4 N–H and O–H groups in total. The van der Waals surface area contributed by atoms with Gasteiger partial charge in [-0.1, -0.05) is 12.1 Å². The van der Waals surface area contributed by atoms with E-state index >= 15 is 0 Å². The van der Waals surface area contributed by atoms with Crippen LogP contribution in [0.5, 0.6) is 0 Å². The van der Waals surface area contributed by atoms with Crippen molar-refractivity contribution in [2.75, 3.05) is 24.4 Å². The lowest BCUT2D eigenvalue weighted by atomic mass is 10.3. The number of rotatable bonds is 3. The van der Waals surface area contributed by atoms with Crippen molar-refractivity contribution in [3.63, 3.8) is 0 Å². The summed E-state index contributed by atoms with van der Waals surface area (Å²) in [7, 11) is -1.92. The zero-order valence-electron chi connectivity index (χ0n) is 11.5. The van der Waals surface area contributed by atoms with E-state index in [1.54, 1.807) is 7.05 Å². The molecule has 9 heteroatoms. The molecule has 0 saturated carbocycles.